The first kappa shape index (κ1) is 18.5. The summed E-state index contributed by atoms with van der Waals surface area (Å²) in [6.07, 6.45) is -3.15. The number of halogens is 3. The molecule has 0 radical (unpaired) electrons. The topological polar surface area (TPSA) is 114 Å². The van der Waals surface area contributed by atoms with Crippen LogP contribution in [-0.4, -0.2) is 35.8 Å². The van der Waals surface area contributed by atoms with Crippen molar-refractivity contribution in [1.29, 1.82) is 0 Å². The Morgan fingerprint density at radius 1 is 1.30 bits per heavy atom. The summed E-state index contributed by atoms with van der Waals surface area (Å²) in [5.74, 6) is -1.34. The molecule has 0 amide bonds. The summed E-state index contributed by atoms with van der Waals surface area (Å²) >= 11 is 0. The molecule has 1 rings (SSSR count). The highest BCUT2D eigenvalue weighted by molar-refractivity contribution is 5.85. The fraction of sp³-hybridized carbons (Fsp3) is 0.357. The average molecular weight is 330 g/mol. The fourth-order valence-electron chi connectivity index (χ4n) is 1.79. The van der Waals surface area contributed by atoms with Crippen molar-refractivity contribution in [2.45, 2.75) is 25.1 Å². The van der Waals surface area contributed by atoms with Gasteiger partial charge in [-0.05, 0) is 18.9 Å². The van der Waals surface area contributed by atoms with E-state index in [1.165, 1.54) is 18.2 Å². The standard InChI is InChI=1S/C14H17F3N4O2/c15-14(16,17)10-5-2-1-4-9(10)8-21-11(12(22)23)6-3-7-20-13(18)19/h1-2,4-5,8,11H,3,6-7H2,(H,22,23)(H4,18,19,20). The van der Waals surface area contributed by atoms with Crippen LogP contribution in [0.3, 0.4) is 0 Å². The lowest BCUT2D eigenvalue weighted by Gasteiger charge is -2.10. The maximum atomic E-state index is 12.8. The Hall–Kier alpha value is -2.58. The summed E-state index contributed by atoms with van der Waals surface area (Å²) < 4.78 is 38.5. The third-order valence-corrected chi connectivity index (χ3v) is 2.87. The number of aliphatic carboxylic acids is 1. The van der Waals surface area contributed by atoms with Gasteiger partial charge in [-0.15, -0.1) is 0 Å². The maximum Gasteiger partial charge on any atom is 0.417 e. The number of alkyl halides is 3. The lowest BCUT2D eigenvalue weighted by atomic mass is 10.1. The van der Waals surface area contributed by atoms with E-state index >= 15 is 0 Å². The molecule has 0 heterocycles. The number of hydrogen-bond acceptors (Lipinski definition) is 3. The molecule has 0 aliphatic rings. The third-order valence-electron chi connectivity index (χ3n) is 2.87. The molecule has 0 spiro atoms. The Morgan fingerprint density at radius 3 is 2.52 bits per heavy atom. The molecule has 6 nitrogen and oxygen atoms in total. The first-order valence-corrected chi connectivity index (χ1v) is 6.69. The van der Waals surface area contributed by atoms with Crippen LogP contribution >= 0.6 is 0 Å². The number of carboxylic acid groups (broad SMARTS) is 1. The number of hydrogen-bond donors (Lipinski definition) is 3. The number of nitrogens with zero attached hydrogens (tertiary/aromatic N) is 2. The predicted octanol–water partition coefficient (Wildman–Crippen LogP) is 1.63. The second-order valence-electron chi connectivity index (χ2n) is 4.67. The highest BCUT2D eigenvalue weighted by Gasteiger charge is 2.32. The van der Waals surface area contributed by atoms with Gasteiger partial charge in [0.15, 0.2) is 5.96 Å². The first-order chi connectivity index (χ1) is 10.7. The lowest BCUT2D eigenvalue weighted by Crippen LogP contribution is -2.23. The largest absolute Gasteiger partial charge is 0.480 e. The molecule has 0 bridgehead atoms. The van der Waals surface area contributed by atoms with Crippen LogP contribution in [-0.2, 0) is 11.0 Å². The summed E-state index contributed by atoms with van der Waals surface area (Å²) in [6.45, 7) is 0.223. The molecule has 0 saturated heterocycles. The van der Waals surface area contributed by atoms with E-state index < -0.39 is 23.8 Å². The van der Waals surface area contributed by atoms with E-state index in [2.05, 4.69) is 9.98 Å². The zero-order valence-electron chi connectivity index (χ0n) is 12.1. The van der Waals surface area contributed by atoms with Crippen LogP contribution in [0.2, 0.25) is 0 Å². The van der Waals surface area contributed by atoms with E-state index in [-0.39, 0.29) is 24.5 Å². The molecule has 1 unspecified atom stereocenters. The molecule has 5 N–H and O–H groups in total. The number of carbonyl (C=O) groups is 1. The van der Waals surface area contributed by atoms with Gasteiger partial charge < -0.3 is 16.6 Å². The van der Waals surface area contributed by atoms with E-state index in [4.69, 9.17) is 16.6 Å². The Labute approximate surface area is 130 Å². The summed E-state index contributed by atoms with van der Waals surface area (Å²) in [5.41, 5.74) is 9.22. The number of nitrogens with two attached hydrogens (primary N) is 2. The van der Waals surface area contributed by atoms with E-state index in [1.54, 1.807) is 0 Å². The molecular weight excluding hydrogens is 313 g/mol. The van der Waals surface area contributed by atoms with Crippen LogP contribution in [0, 0.1) is 0 Å². The molecule has 126 valence electrons. The van der Waals surface area contributed by atoms with Gasteiger partial charge in [-0.2, -0.15) is 13.2 Å². The Bertz CT molecular complexity index is 596. The van der Waals surface area contributed by atoms with Crippen molar-refractivity contribution in [1.82, 2.24) is 0 Å². The van der Waals surface area contributed by atoms with Crippen molar-refractivity contribution in [3.8, 4) is 0 Å². The van der Waals surface area contributed by atoms with Crippen molar-refractivity contribution < 1.29 is 23.1 Å². The predicted molar refractivity (Wildman–Crippen MR) is 80.4 cm³/mol. The van der Waals surface area contributed by atoms with Gasteiger partial charge in [0.05, 0.1) is 5.56 Å². The number of benzene rings is 1. The Balaban J connectivity index is 2.83. The Kier molecular flexibility index (Phi) is 6.55. The van der Waals surface area contributed by atoms with Gasteiger partial charge in [0.25, 0.3) is 0 Å². The van der Waals surface area contributed by atoms with Crippen molar-refractivity contribution in [2.75, 3.05) is 6.54 Å². The SMILES string of the molecule is NC(N)=NCCCC(N=Cc1ccccc1C(F)(F)F)C(=O)O. The summed E-state index contributed by atoms with van der Waals surface area (Å²) in [4.78, 5) is 18.6. The molecule has 0 saturated carbocycles. The quantitative estimate of drug-likeness (QED) is 0.400. The van der Waals surface area contributed by atoms with Crippen LogP contribution in [0.1, 0.15) is 24.0 Å². The molecule has 0 aliphatic carbocycles. The zero-order valence-corrected chi connectivity index (χ0v) is 12.1. The van der Waals surface area contributed by atoms with Gasteiger partial charge in [0.2, 0.25) is 0 Å². The van der Waals surface area contributed by atoms with Crippen molar-refractivity contribution in [3.05, 3.63) is 35.4 Å². The number of rotatable bonds is 7. The molecule has 23 heavy (non-hydrogen) atoms. The minimum absolute atomic E-state index is 0.108. The normalized spacial score (nSPS) is 13.0. The molecule has 1 atom stereocenters. The van der Waals surface area contributed by atoms with Gasteiger partial charge >= 0.3 is 12.1 Å². The van der Waals surface area contributed by atoms with Crippen molar-refractivity contribution >= 4 is 18.1 Å². The first-order valence-electron chi connectivity index (χ1n) is 6.69. The highest BCUT2D eigenvalue weighted by atomic mass is 19.4. The van der Waals surface area contributed by atoms with Gasteiger partial charge in [-0.25, -0.2) is 4.79 Å². The van der Waals surface area contributed by atoms with Crippen LogP contribution in [0.15, 0.2) is 34.3 Å². The monoisotopic (exact) mass is 330 g/mol. The summed E-state index contributed by atoms with van der Waals surface area (Å²) in [7, 11) is 0. The highest BCUT2D eigenvalue weighted by Crippen LogP contribution is 2.31. The minimum Gasteiger partial charge on any atom is -0.480 e. The van der Waals surface area contributed by atoms with Gasteiger partial charge in [-0.3, -0.25) is 9.98 Å². The molecule has 0 fully saturated rings. The molecular formula is C14H17F3N4O2. The molecule has 0 aliphatic heterocycles. The number of guanidine groups is 1. The van der Waals surface area contributed by atoms with Crippen LogP contribution in [0.4, 0.5) is 13.2 Å². The van der Waals surface area contributed by atoms with E-state index in [1.807, 2.05) is 0 Å². The summed E-state index contributed by atoms with van der Waals surface area (Å²) in [5, 5.41) is 9.07. The van der Waals surface area contributed by atoms with Crippen molar-refractivity contribution in [3.63, 3.8) is 0 Å². The van der Waals surface area contributed by atoms with Crippen LogP contribution in [0.25, 0.3) is 0 Å². The second-order valence-corrected chi connectivity index (χ2v) is 4.67. The van der Waals surface area contributed by atoms with E-state index in [0.29, 0.717) is 6.42 Å². The van der Waals surface area contributed by atoms with E-state index in [0.717, 1.165) is 12.3 Å². The van der Waals surface area contributed by atoms with E-state index in [9.17, 15) is 18.0 Å². The molecule has 0 aromatic heterocycles. The Morgan fingerprint density at radius 2 is 1.96 bits per heavy atom. The lowest BCUT2D eigenvalue weighted by molar-refractivity contribution is -0.138. The maximum absolute atomic E-state index is 12.8. The fourth-order valence-corrected chi connectivity index (χ4v) is 1.79. The molecule has 9 heteroatoms. The van der Waals surface area contributed by atoms with Gasteiger partial charge in [0.1, 0.15) is 6.04 Å². The van der Waals surface area contributed by atoms with Crippen LogP contribution < -0.4 is 11.5 Å². The third kappa shape index (κ3) is 6.37. The average Bonchev–Trinajstić information content (AvgIpc) is 2.45. The second kappa shape index (κ2) is 8.16. The summed E-state index contributed by atoms with van der Waals surface area (Å²) in [6, 6.07) is 3.65. The molecule has 1 aromatic rings. The molecule has 1 aromatic carbocycles. The zero-order chi connectivity index (χ0) is 17.5. The van der Waals surface area contributed by atoms with Crippen molar-refractivity contribution in [2.24, 2.45) is 21.5 Å². The minimum atomic E-state index is -4.53. The van der Waals surface area contributed by atoms with Crippen LogP contribution in [0.5, 0.6) is 0 Å². The number of aliphatic imine (C=N–C) groups is 2. The number of carboxylic acids is 1. The van der Waals surface area contributed by atoms with Gasteiger partial charge in [-0.1, -0.05) is 18.2 Å². The van der Waals surface area contributed by atoms with Gasteiger partial charge in [0, 0.05) is 18.3 Å². The smallest absolute Gasteiger partial charge is 0.417 e.